The normalized spacial score (nSPS) is 15.8. The van der Waals surface area contributed by atoms with Crippen LogP contribution in [0.1, 0.15) is 46.7 Å². The first kappa shape index (κ1) is 13.6. The molecule has 1 aromatic carbocycles. The average Bonchev–Trinajstić information content (AvgIpc) is 2.87. The molecule has 2 aromatic rings. The van der Waals surface area contributed by atoms with Crippen molar-refractivity contribution in [3.63, 3.8) is 0 Å². The number of nitrogens with one attached hydrogen (secondary N) is 1. The van der Waals surface area contributed by atoms with Crippen LogP contribution in [0.25, 0.3) is 0 Å². The van der Waals surface area contributed by atoms with Gasteiger partial charge in [0.05, 0.1) is 6.04 Å². The van der Waals surface area contributed by atoms with E-state index in [0.29, 0.717) is 5.56 Å². The molecule has 0 amide bonds. The molecular formula is C17H20FNS. The quantitative estimate of drug-likeness (QED) is 0.814. The largest absolute Gasteiger partial charge is 0.378 e. The second-order valence-electron chi connectivity index (χ2n) is 5.63. The Kier molecular flexibility index (Phi) is 3.79. The molecule has 0 saturated carbocycles. The first-order valence-corrected chi connectivity index (χ1v) is 8.09. The summed E-state index contributed by atoms with van der Waals surface area (Å²) in [5, 5.41) is 3.48. The zero-order chi connectivity index (χ0) is 14.1. The van der Waals surface area contributed by atoms with Crippen LogP contribution in [0.2, 0.25) is 0 Å². The van der Waals surface area contributed by atoms with Crippen molar-refractivity contribution < 1.29 is 4.39 Å². The lowest BCUT2D eigenvalue weighted by Crippen LogP contribution is -2.05. The Morgan fingerprint density at radius 1 is 1.20 bits per heavy atom. The van der Waals surface area contributed by atoms with Crippen molar-refractivity contribution in [2.75, 3.05) is 5.32 Å². The summed E-state index contributed by atoms with van der Waals surface area (Å²) in [6.45, 7) is 3.98. The average molecular weight is 289 g/mol. The number of fused-ring (bicyclic) bond motifs is 1. The molecule has 0 bridgehead atoms. The molecule has 1 nitrogen and oxygen atoms in total. The Morgan fingerprint density at radius 2 is 2.00 bits per heavy atom. The van der Waals surface area contributed by atoms with Crippen molar-refractivity contribution in [3.05, 3.63) is 51.0 Å². The molecule has 3 rings (SSSR count). The van der Waals surface area contributed by atoms with Crippen LogP contribution in [0, 0.1) is 12.7 Å². The van der Waals surface area contributed by atoms with E-state index in [1.165, 1.54) is 36.6 Å². The van der Waals surface area contributed by atoms with Gasteiger partial charge in [-0.05, 0) is 74.9 Å². The summed E-state index contributed by atoms with van der Waals surface area (Å²) in [7, 11) is 0. The maximum Gasteiger partial charge on any atom is 0.126 e. The fraction of sp³-hybridized carbons (Fsp3) is 0.412. The van der Waals surface area contributed by atoms with Crippen LogP contribution in [0.3, 0.4) is 0 Å². The monoisotopic (exact) mass is 289 g/mol. The van der Waals surface area contributed by atoms with Crippen LogP contribution in [-0.4, -0.2) is 0 Å². The van der Waals surface area contributed by atoms with E-state index in [2.05, 4.69) is 18.3 Å². The van der Waals surface area contributed by atoms with E-state index in [1.807, 2.05) is 23.5 Å². The summed E-state index contributed by atoms with van der Waals surface area (Å²) in [6.07, 6.45) is 5.12. The Morgan fingerprint density at radius 3 is 2.75 bits per heavy atom. The summed E-state index contributed by atoms with van der Waals surface area (Å²) in [6, 6.07) is 7.85. The van der Waals surface area contributed by atoms with Crippen LogP contribution in [0.15, 0.2) is 24.3 Å². The summed E-state index contributed by atoms with van der Waals surface area (Å²) < 4.78 is 13.3. The molecule has 0 fully saturated rings. The second kappa shape index (κ2) is 5.57. The van der Waals surface area contributed by atoms with Crippen molar-refractivity contribution in [3.8, 4) is 0 Å². The van der Waals surface area contributed by atoms with Crippen LogP contribution < -0.4 is 5.32 Å². The lowest BCUT2D eigenvalue weighted by molar-refractivity contribution is 0.618. The standard InChI is InChI=1S/C17H20FNS/c1-11-9-14(7-8-15(11)18)19-12(2)17-10-13-5-3-4-6-16(13)20-17/h7-10,12,19H,3-6H2,1-2H3. The van der Waals surface area contributed by atoms with Gasteiger partial charge in [0.15, 0.2) is 0 Å². The van der Waals surface area contributed by atoms with Crippen LogP contribution >= 0.6 is 11.3 Å². The molecule has 1 atom stereocenters. The maximum atomic E-state index is 13.3. The predicted octanol–water partition coefficient (Wildman–Crippen LogP) is 5.25. The molecule has 106 valence electrons. The summed E-state index contributed by atoms with van der Waals surface area (Å²) in [5.74, 6) is -0.144. The summed E-state index contributed by atoms with van der Waals surface area (Å²) >= 11 is 1.93. The number of halogens is 1. The van der Waals surface area contributed by atoms with Gasteiger partial charge < -0.3 is 5.32 Å². The third-order valence-corrected chi connectivity index (χ3v) is 5.40. The second-order valence-corrected chi connectivity index (χ2v) is 6.80. The lowest BCUT2D eigenvalue weighted by atomic mass is 9.99. The topological polar surface area (TPSA) is 12.0 Å². The minimum absolute atomic E-state index is 0.144. The molecule has 1 aromatic heterocycles. The number of hydrogen-bond donors (Lipinski definition) is 1. The number of aryl methyl sites for hydroxylation is 3. The molecule has 1 aliphatic rings. The number of hydrogen-bond acceptors (Lipinski definition) is 2. The number of rotatable bonds is 3. The maximum absolute atomic E-state index is 13.3. The lowest BCUT2D eigenvalue weighted by Gasteiger charge is -2.14. The molecule has 1 aliphatic carbocycles. The summed E-state index contributed by atoms with van der Waals surface area (Å²) in [5.41, 5.74) is 3.22. The van der Waals surface area contributed by atoms with E-state index < -0.39 is 0 Å². The smallest absolute Gasteiger partial charge is 0.126 e. The Bertz CT molecular complexity index is 594. The predicted molar refractivity (Wildman–Crippen MR) is 84.1 cm³/mol. The Labute approximate surface area is 123 Å². The van der Waals surface area contributed by atoms with Gasteiger partial charge in [0.2, 0.25) is 0 Å². The van der Waals surface area contributed by atoms with E-state index in [-0.39, 0.29) is 11.9 Å². The highest BCUT2D eigenvalue weighted by molar-refractivity contribution is 7.12. The number of benzene rings is 1. The highest BCUT2D eigenvalue weighted by atomic mass is 32.1. The Balaban J connectivity index is 1.76. The fourth-order valence-electron chi connectivity index (χ4n) is 2.78. The van der Waals surface area contributed by atoms with Crippen molar-refractivity contribution >= 4 is 17.0 Å². The highest BCUT2D eigenvalue weighted by Gasteiger charge is 2.16. The van der Waals surface area contributed by atoms with Crippen molar-refractivity contribution in [2.24, 2.45) is 0 Å². The number of anilines is 1. The molecule has 1 N–H and O–H groups in total. The Hall–Kier alpha value is -1.35. The summed E-state index contributed by atoms with van der Waals surface area (Å²) in [4.78, 5) is 2.95. The molecule has 0 spiro atoms. The molecule has 1 unspecified atom stereocenters. The first-order valence-electron chi connectivity index (χ1n) is 7.27. The van der Waals surface area contributed by atoms with Crippen LogP contribution in [-0.2, 0) is 12.8 Å². The number of thiophene rings is 1. The van der Waals surface area contributed by atoms with Gasteiger partial charge in [-0.25, -0.2) is 4.39 Å². The fourth-order valence-corrected chi connectivity index (χ4v) is 4.04. The first-order chi connectivity index (χ1) is 9.63. The van der Waals surface area contributed by atoms with Gasteiger partial charge in [-0.2, -0.15) is 0 Å². The van der Waals surface area contributed by atoms with Gasteiger partial charge in [0.1, 0.15) is 5.82 Å². The van der Waals surface area contributed by atoms with Gasteiger partial charge in [-0.1, -0.05) is 0 Å². The third kappa shape index (κ3) is 2.73. The molecular weight excluding hydrogens is 269 g/mol. The zero-order valence-corrected chi connectivity index (χ0v) is 12.8. The van der Waals surface area contributed by atoms with Gasteiger partial charge in [-0.3, -0.25) is 0 Å². The minimum atomic E-state index is -0.144. The molecule has 1 heterocycles. The van der Waals surface area contributed by atoms with Crippen molar-refractivity contribution in [2.45, 2.75) is 45.6 Å². The SMILES string of the molecule is Cc1cc(NC(C)c2cc3c(s2)CCCC3)ccc1F. The van der Waals surface area contributed by atoms with Crippen LogP contribution in [0.4, 0.5) is 10.1 Å². The van der Waals surface area contributed by atoms with Crippen LogP contribution in [0.5, 0.6) is 0 Å². The molecule has 0 radical (unpaired) electrons. The van der Waals surface area contributed by atoms with Crippen molar-refractivity contribution in [1.82, 2.24) is 0 Å². The highest BCUT2D eigenvalue weighted by Crippen LogP contribution is 2.34. The third-order valence-electron chi connectivity index (χ3n) is 3.98. The minimum Gasteiger partial charge on any atom is -0.378 e. The van der Waals surface area contributed by atoms with E-state index in [1.54, 1.807) is 17.4 Å². The van der Waals surface area contributed by atoms with Crippen molar-refractivity contribution in [1.29, 1.82) is 0 Å². The molecule has 0 aliphatic heterocycles. The molecule has 20 heavy (non-hydrogen) atoms. The van der Waals surface area contributed by atoms with E-state index in [9.17, 15) is 4.39 Å². The van der Waals surface area contributed by atoms with Gasteiger partial charge in [-0.15, -0.1) is 11.3 Å². The van der Waals surface area contributed by atoms with E-state index in [4.69, 9.17) is 0 Å². The van der Waals surface area contributed by atoms with E-state index in [0.717, 1.165) is 5.69 Å². The molecule has 3 heteroatoms. The van der Waals surface area contributed by atoms with Gasteiger partial charge in [0, 0.05) is 15.4 Å². The van der Waals surface area contributed by atoms with E-state index >= 15 is 0 Å². The van der Waals surface area contributed by atoms with Gasteiger partial charge >= 0.3 is 0 Å². The zero-order valence-electron chi connectivity index (χ0n) is 12.0. The van der Waals surface area contributed by atoms with Gasteiger partial charge in [0.25, 0.3) is 0 Å². The molecule has 0 saturated heterocycles.